The molecule has 1 aromatic rings. The van der Waals surface area contributed by atoms with Crippen LogP contribution in [0.1, 0.15) is 46.1 Å². The van der Waals surface area contributed by atoms with Gasteiger partial charge in [0.05, 0.1) is 24.2 Å². The van der Waals surface area contributed by atoms with Crippen molar-refractivity contribution in [2.75, 3.05) is 19.0 Å². The lowest BCUT2D eigenvalue weighted by Crippen LogP contribution is -2.48. The summed E-state index contributed by atoms with van der Waals surface area (Å²) in [6, 6.07) is 9.43. The van der Waals surface area contributed by atoms with Crippen LogP contribution in [0.25, 0.3) is 0 Å². The van der Waals surface area contributed by atoms with E-state index in [9.17, 15) is 9.00 Å². The maximum Gasteiger partial charge on any atom is 0.324 e. The van der Waals surface area contributed by atoms with E-state index in [0.29, 0.717) is 25.6 Å². The molecule has 0 aromatic heterocycles. The van der Waals surface area contributed by atoms with E-state index < -0.39 is 17.0 Å². The van der Waals surface area contributed by atoms with Gasteiger partial charge in [-0.1, -0.05) is 51.1 Å². The molecule has 6 heteroatoms. The van der Waals surface area contributed by atoms with E-state index in [1.54, 1.807) is 6.92 Å². The predicted octanol–water partition coefficient (Wildman–Crippen LogP) is 3.21. The van der Waals surface area contributed by atoms with Gasteiger partial charge in [0, 0.05) is 12.4 Å². The number of rotatable bonds is 11. The van der Waals surface area contributed by atoms with Gasteiger partial charge in [-0.2, -0.15) is 0 Å². The fourth-order valence-corrected chi connectivity index (χ4v) is 3.49. The number of carbonyl (C=O) groups excluding carboxylic acids is 1. The molecule has 0 radical (unpaired) electrons. The zero-order valence-electron chi connectivity index (χ0n) is 15.7. The van der Waals surface area contributed by atoms with E-state index in [-0.39, 0.29) is 11.4 Å². The maximum absolute atomic E-state index is 12.2. The molecule has 25 heavy (non-hydrogen) atoms. The van der Waals surface area contributed by atoms with Gasteiger partial charge in [-0.05, 0) is 30.7 Å². The van der Waals surface area contributed by atoms with Crippen LogP contribution in [0.15, 0.2) is 30.3 Å². The zero-order valence-corrected chi connectivity index (χ0v) is 16.6. The molecule has 142 valence electrons. The van der Waals surface area contributed by atoms with Gasteiger partial charge in [-0.25, -0.2) is 8.93 Å². The van der Waals surface area contributed by atoms with E-state index in [4.69, 9.17) is 9.47 Å². The van der Waals surface area contributed by atoms with Gasteiger partial charge < -0.3 is 9.47 Å². The van der Waals surface area contributed by atoms with Gasteiger partial charge in [-0.15, -0.1) is 0 Å². The average Bonchev–Trinajstić information content (AvgIpc) is 2.56. The van der Waals surface area contributed by atoms with Gasteiger partial charge in [0.2, 0.25) is 0 Å². The molecule has 0 fully saturated rings. The van der Waals surface area contributed by atoms with Crippen molar-refractivity contribution in [3.63, 3.8) is 0 Å². The quantitative estimate of drug-likeness (QED) is 0.480. The third-order valence-electron chi connectivity index (χ3n) is 3.62. The van der Waals surface area contributed by atoms with Crippen molar-refractivity contribution >= 4 is 17.0 Å². The first-order chi connectivity index (χ1) is 11.8. The van der Waals surface area contributed by atoms with Gasteiger partial charge in [0.25, 0.3) is 0 Å². The smallest absolute Gasteiger partial charge is 0.324 e. The summed E-state index contributed by atoms with van der Waals surface area (Å²) in [5.74, 6) is 0.135. The van der Waals surface area contributed by atoms with Gasteiger partial charge in [0.15, 0.2) is 0 Å². The van der Waals surface area contributed by atoms with Gasteiger partial charge in [0.1, 0.15) is 6.04 Å². The largest absolute Gasteiger partial charge is 0.465 e. The Morgan fingerprint density at radius 3 is 2.48 bits per heavy atom. The number of hydrogen-bond acceptors (Lipinski definition) is 4. The Labute approximate surface area is 154 Å². The van der Waals surface area contributed by atoms with Crippen LogP contribution in [0.3, 0.4) is 0 Å². The van der Waals surface area contributed by atoms with Crippen molar-refractivity contribution in [1.82, 2.24) is 4.72 Å². The fraction of sp³-hybridized carbons (Fsp3) is 0.632. The molecule has 0 saturated heterocycles. The summed E-state index contributed by atoms with van der Waals surface area (Å²) in [6.07, 6.45) is 1.61. The van der Waals surface area contributed by atoms with Crippen LogP contribution in [0.4, 0.5) is 0 Å². The van der Waals surface area contributed by atoms with E-state index in [2.05, 4.69) is 4.72 Å². The van der Waals surface area contributed by atoms with E-state index >= 15 is 0 Å². The molecule has 0 heterocycles. The predicted molar refractivity (Wildman–Crippen MR) is 101 cm³/mol. The molecule has 2 atom stereocenters. The van der Waals surface area contributed by atoms with Crippen LogP contribution in [0.2, 0.25) is 0 Å². The maximum atomic E-state index is 12.2. The standard InChI is InChI=1S/C19H31NO4S/c1-5-24-18(21)17(19(2,3)4)20-25(22)14-10-9-13-23-15-16-11-7-6-8-12-16/h6-8,11-12,17,20H,5,9-10,13-15H2,1-4H3/t17-,25+/m1/s1. The SMILES string of the molecule is CCOC(=O)[C@@H](N[S@@](=O)CCCCOCc1ccccc1)C(C)(C)C. The van der Waals surface area contributed by atoms with Crippen LogP contribution in [0, 0.1) is 5.41 Å². The highest BCUT2D eigenvalue weighted by molar-refractivity contribution is 7.83. The van der Waals surface area contributed by atoms with E-state index in [0.717, 1.165) is 18.4 Å². The highest BCUT2D eigenvalue weighted by Gasteiger charge is 2.33. The molecule has 0 amide bonds. The van der Waals surface area contributed by atoms with Gasteiger partial charge in [-0.3, -0.25) is 4.79 Å². The molecular weight excluding hydrogens is 338 g/mol. The summed E-state index contributed by atoms with van der Waals surface area (Å²) in [5, 5.41) is 0. The molecule has 0 unspecified atom stereocenters. The molecule has 5 nitrogen and oxygen atoms in total. The first-order valence-corrected chi connectivity index (χ1v) is 10.1. The lowest BCUT2D eigenvalue weighted by atomic mass is 9.87. The topological polar surface area (TPSA) is 64.6 Å². The Kier molecular flexibility index (Phi) is 9.93. The van der Waals surface area contributed by atoms with Crippen molar-refractivity contribution < 1.29 is 18.5 Å². The highest BCUT2D eigenvalue weighted by atomic mass is 32.2. The number of ether oxygens (including phenoxy) is 2. The van der Waals surface area contributed by atoms with Crippen LogP contribution in [0.5, 0.6) is 0 Å². The Balaban J connectivity index is 2.25. The second kappa shape index (κ2) is 11.4. The summed E-state index contributed by atoms with van der Waals surface area (Å²) in [6.45, 7) is 9.09. The summed E-state index contributed by atoms with van der Waals surface area (Å²) in [7, 11) is -1.27. The first kappa shape index (κ1) is 21.8. The lowest BCUT2D eigenvalue weighted by molar-refractivity contribution is -0.147. The Morgan fingerprint density at radius 2 is 1.88 bits per heavy atom. The van der Waals surface area contributed by atoms with Crippen LogP contribution >= 0.6 is 0 Å². The number of carbonyl (C=O) groups is 1. The summed E-state index contributed by atoms with van der Waals surface area (Å²) >= 11 is 0. The molecule has 1 N–H and O–H groups in total. The minimum absolute atomic E-state index is 0.318. The molecule has 0 aliphatic carbocycles. The molecule has 0 bridgehead atoms. The van der Waals surface area contributed by atoms with E-state index in [1.165, 1.54) is 0 Å². The Hall–Kier alpha value is -1.24. The van der Waals surface area contributed by atoms with Crippen molar-refractivity contribution in [2.45, 2.75) is 53.2 Å². The van der Waals surface area contributed by atoms with Crippen molar-refractivity contribution in [3.8, 4) is 0 Å². The number of unbranched alkanes of at least 4 members (excludes halogenated alkanes) is 1. The molecular formula is C19H31NO4S. The third kappa shape index (κ3) is 9.14. The van der Waals surface area contributed by atoms with E-state index in [1.807, 2.05) is 51.1 Å². The van der Waals surface area contributed by atoms with Crippen molar-refractivity contribution in [2.24, 2.45) is 5.41 Å². The average molecular weight is 370 g/mol. The number of hydrogen-bond donors (Lipinski definition) is 1. The van der Waals surface area contributed by atoms with Crippen LogP contribution in [-0.2, 0) is 31.9 Å². The van der Waals surface area contributed by atoms with Crippen molar-refractivity contribution in [1.29, 1.82) is 0 Å². The number of benzene rings is 1. The van der Waals surface area contributed by atoms with Gasteiger partial charge >= 0.3 is 5.97 Å². The first-order valence-electron chi connectivity index (χ1n) is 8.77. The normalized spacial score (nSPS) is 14.1. The zero-order chi connectivity index (χ0) is 18.7. The highest BCUT2D eigenvalue weighted by Crippen LogP contribution is 2.21. The summed E-state index contributed by atoms with van der Waals surface area (Å²) in [5.41, 5.74) is 0.788. The molecule has 0 aliphatic heterocycles. The molecule has 1 rings (SSSR count). The lowest BCUT2D eigenvalue weighted by Gasteiger charge is -2.28. The molecule has 0 aliphatic rings. The third-order valence-corrected chi connectivity index (χ3v) is 4.78. The minimum Gasteiger partial charge on any atom is -0.465 e. The van der Waals surface area contributed by atoms with Crippen LogP contribution in [-0.4, -0.2) is 35.2 Å². The second-order valence-corrected chi connectivity index (χ2v) is 8.30. The second-order valence-electron chi connectivity index (χ2n) is 6.96. The van der Waals surface area contributed by atoms with Crippen LogP contribution < -0.4 is 4.72 Å². The molecule has 1 aromatic carbocycles. The summed E-state index contributed by atoms with van der Waals surface area (Å²) < 4.78 is 25.8. The Morgan fingerprint density at radius 1 is 1.20 bits per heavy atom. The number of esters is 1. The minimum atomic E-state index is -1.27. The Bertz CT molecular complexity index is 528. The molecule has 0 spiro atoms. The summed E-state index contributed by atoms with van der Waals surface area (Å²) in [4.78, 5) is 12.0. The monoisotopic (exact) mass is 369 g/mol. The molecule has 0 saturated carbocycles. The number of nitrogens with one attached hydrogen (secondary N) is 1. The fourth-order valence-electron chi connectivity index (χ4n) is 2.20. The van der Waals surface area contributed by atoms with Crippen molar-refractivity contribution in [3.05, 3.63) is 35.9 Å².